The van der Waals surface area contributed by atoms with Crippen molar-refractivity contribution in [1.82, 2.24) is 9.88 Å². The van der Waals surface area contributed by atoms with Crippen LogP contribution in [0.15, 0.2) is 12.1 Å². The van der Waals surface area contributed by atoms with Crippen LogP contribution in [0.5, 0.6) is 0 Å². The highest BCUT2D eigenvalue weighted by Gasteiger charge is 2.32. The first-order valence-corrected chi connectivity index (χ1v) is 6.37. The van der Waals surface area contributed by atoms with E-state index in [1.807, 2.05) is 31.0 Å². The molecule has 1 aliphatic rings. The molecule has 0 atom stereocenters. The smallest absolute Gasteiger partial charge is 0.254 e. The maximum Gasteiger partial charge on any atom is 0.254 e. The van der Waals surface area contributed by atoms with Gasteiger partial charge in [-0.05, 0) is 30.9 Å². The van der Waals surface area contributed by atoms with Gasteiger partial charge in [0.25, 0.3) is 5.91 Å². The van der Waals surface area contributed by atoms with Crippen LogP contribution in [-0.2, 0) is 0 Å². The van der Waals surface area contributed by atoms with Crippen molar-refractivity contribution in [3.8, 4) is 0 Å². The maximum absolute atomic E-state index is 12.4. The van der Waals surface area contributed by atoms with Crippen molar-refractivity contribution < 1.29 is 4.79 Å². The number of pyridine rings is 1. The van der Waals surface area contributed by atoms with Crippen LogP contribution in [0.1, 0.15) is 36.3 Å². The summed E-state index contributed by atoms with van der Waals surface area (Å²) in [7, 11) is 1.81. The summed E-state index contributed by atoms with van der Waals surface area (Å²) in [6, 6.07) is 3.68. The fourth-order valence-electron chi connectivity index (χ4n) is 2.39. The average Bonchev–Trinajstić information content (AvgIpc) is 2.67. The van der Waals surface area contributed by atoms with Crippen LogP contribution in [0.4, 0.5) is 5.82 Å². The average molecular weight is 247 g/mol. The quantitative estimate of drug-likeness (QED) is 0.872. The van der Waals surface area contributed by atoms with E-state index in [0.29, 0.717) is 0 Å². The minimum Gasteiger partial charge on any atom is -0.373 e. The molecule has 18 heavy (non-hydrogen) atoms. The second kappa shape index (κ2) is 4.59. The lowest BCUT2D eigenvalue weighted by molar-refractivity contribution is 0.0778. The zero-order chi connectivity index (χ0) is 13.3. The zero-order valence-corrected chi connectivity index (χ0v) is 11.6. The summed E-state index contributed by atoms with van der Waals surface area (Å²) in [5, 5.41) is 2.99. The molecule has 0 saturated carbocycles. The van der Waals surface area contributed by atoms with E-state index in [1.165, 1.54) is 0 Å². The van der Waals surface area contributed by atoms with Crippen molar-refractivity contribution in [2.45, 2.75) is 27.2 Å². The van der Waals surface area contributed by atoms with E-state index in [-0.39, 0.29) is 11.3 Å². The fourth-order valence-corrected chi connectivity index (χ4v) is 2.39. The SMILES string of the molecule is CNc1cc(C(=O)N2CCC(C)(C)C2)cc(C)n1. The molecule has 1 aliphatic heterocycles. The molecule has 0 spiro atoms. The Morgan fingerprint density at radius 1 is 1.44 bits per heavy atom. The molecular formula is C14H21N3O. The third kappa shape index (κ3) is 2.63. The molecule has 1 aromatic heterocycles. The number of rotatable bonds is 2. The molecule has 0 aliphatic carbocycles. The Balaban J connectivity index is 2.21. The third-order valence-electron chi connectivity index (χ3n) is 3.42. The number of amides is 1. The molecule has 1 N–H and O–H groups in total. The summed E-state index contributed by atoms with van der Waals surface area (Å²) in [5.74, 6) is 0.861. The number of hydrogen-bond donors (Lipinski definition) is 1. The van der Waals surface area contributed by atoms with Crippen LogP contribution in [0.2, 0.25) is 0 Å². The second-order valence-corrected chi connectivity index (χ2v) is 5.77. The van der Waals surface area contributed by atoms with E-state index >= 15 is 0 Å². The Kier molecular flexibility index (Phi) is 3.28. The van der Waals surface area contributed by atoms with Gasteiger partial charge in [0.1, 0.15) is 5.82 Å². The molecule has 4 nitrogen and oxygen atoms in total. The number of carbonyl (C=O) groups excluding carboxylic acids is 1. The molecule has 0 bridgehead atoms. The predicted molar refractivity (Wildman–Crippen MR) is 72.8 cm³/mol. The van der Waals surface area contributed by atoms with Gasteiger partial charge in [-0.2, -0.15) is 0 Å². The van der Waals surface area contributed by atoms with E-state index < -0.39 is 0 Å². The van der Waals surface area contributed by atoms with Gasteiger partial charge < -0.3 is 10.2 Å². The molecule has 98 valence electrons. The van der Waals surface area contributed by atoms with Crippen LogP contribution >= 0.6 is 0 Å². The van der Waals surface area contributed by atoms with Crippen LogP contribution < -0.4 is 5.32 Å². The number of carbonyl (C=O) groups is 1. The molecule has 4 heteroatoms. The van der Waals surface area contributed by atoms with Gasteiger partial charge in [-0.3, -0.25) is 4.79 Å². The molecule has 2 rings (SSSR count). The standard InChI is InChI=1S/C14H21N3O/c1-10-7-11(8-12(15-4)16-10)13(18)17-6-5-14(2,3)9-17/h7-8H,5-6,9H2,1-4H3,(H,15,16). The Morgan fingerprint density at radius 2 is 2.17 bits per heavy atom. The van der Waals surface area contributed by atoms with Crippen molar-refractivity contribution in [2.24, 2.45) is 5.41 Å². The van der Waals surface area contributed by atoms with E-state index in [9.17, 15) is 4.79 Å². The summed E-state index contributed by atoms with van der Waals surface area (Å²) < 4.78 is 0. The van der Waals surface area contributed by atoms with Crippen molar-refractivity contribution >= 4 is 11.7 Å². The van der Waals surface area contributed by atoms with E-state index in [1.54, 1.807) is 0 Å². The Hall–Kier alpha value is -1.58. The lowest BCUT2D eigenvalue weighted by Crippen LogP contribution is -2.30. The molecule has 2 heterocycles. The largest absolute Gasteiger partial charge is 0.373 e. The molecule has 1 saturated heterocycles. The van der Waals surface area contributed by atoms with Crippen molar-refractivity contribution in [1.29, 1.82) is 0 Å². The number of aromatic nitrogens is 1. The molecule has 0 aromatic carbocycles. The normalized spacial score (nSPS) is 17.9. The van der Waals surface area contributed by atoms with E-state index in [2.05, 4.69) is 24.1 Å². The van der Waals surface area contributed by atoms with Crippen LogP contribution in [0, 0.1) is 12.3 Å². The monoisotopic (exact) mass is 247 g/mol. The summed E-state index contributed by atoms with van der Waals surface area (Å²) in [6.07, 6.45) is 1.07. The molecule has 0 unspecified atom stereocenters. The van der Waals surface area contributed by atoms with Crippen molar-refractivity contribution in [2.75, 3.05) is 25.5 Å². The van der Waals surface area contributed by atoms with Gasteiger partial charge in [0, 0.05) is 31.4 Å². The first-order valence-electron chi connectivity index (χ1n) is 6.37. The molecule has 0 radical (unpaired) electrons. The van der Waals surface area contributed by atoms with Gasteiger partial charge in [-0.25, -0.2) is 4.98 Å². The molecule has 1 amide bonds. The summed E-state index contributed by atoms with van der Waals surface area (Å²) in [6.45, 7) is 8.00. The minimum atomic E-state index is 0.113. The summed E-state index contributed by atoms with van der Waals surface area (Å²) in [5.41, 5.74) is 1.83. The van der Waals surface area contributed by atoms with Crippen molar-refractivity contribution in [3.05, 3.63) is 23.4 Å². The number of anilines is 1. The molecule has 1 fully saturated rings. The van der Waals surface area contributed by atoms with Gasteiger partial charge in [-0.15, -0.1) is 0 Å². The predicted octanol–water partition coefficient (Wildman–Crippen LogP) is 2.30. The first-order chi connectivity index (χ1) is 8.41. The summed E-state index contributed by atoms with van der Waals surface area (Å²) in [4.78, 5) is 18.7. The second-order valence-electron chi connectivity index (χ2n) is 5.77. The fraction of sp³-hybridized carbons (Fsp3) is 0.571. The number of likely N-dealkylation sites (tertiary alicyclic amines) is 1. The van der Waals surface area contributed by atoms with Gasteiger partial charge in [0.2, 0.25) is 0 Å². The van der Waals surface area contributed by atoms with Crippen LogP contribution in [-0.4, -0.2) is 35.9 Å². The first kappa shape index (κ1) is 12.9. The molecule has 1 aromatic rings. The van der Waals surface area contributed by atoms with Gasteiger partial charge in [0.15, 0.2) is 0 Å². The van der Waals surface area contributed by atoms with Crippen LogP contribution in [0.3, 0.4) is 0 Å². The van der Waals surface area contributed by atoms with Crippen LogP contribution in [0.25, 0.3) is 0 Å². The third-order valence-corrected chi connectivity index (χ3v) is 3.42. The highest BCUT2D eigenvalue weighted by atomic mass is 16.2. The minimum absolute atomic E-state index is 0.113. The zero-order valence-electron chi connectivity index (χ0n) is 11.6. The number of nitrogens with one attached hydrogen (secondary N) is 1. The number of nitrogens with zero attached hydrogens (tertiary/aromatic N) is 2. The van der Waals surface area contributed by atoms with Crippen molar-refractivity contribution in [3.63, 3.8) is 0 Å². The lowest BCUT2D eigenvalue weighted by Gasteiger charge is -2.20. The summed E-state index contributed by atoms with van der Waals surface area (Å²) >= 11 is 0. The Bertz CT molecular complexity index is 468. The van der Waals surface area contributed by atoms with Gasteiger partial charge in [-0.1, -0.05) is 13.8 Å². The number of aryl methyl sites for hydroxylation is 1. The van der Waals surface area contributed by atoms with Gasteiger partial charge in [0.05, 0.1) is 0 Å². The topological polar surface area (TPSA) is 45.2 Å². The number of hydrogen-bond acceptors (Lipinski definition) is 3. The Morgan fingerprint density at radius 3 is 2.72 bits per heavy atom. The van der Waals surface area contributed by atoms with E-state index in [0.717, 1.165) is 36.6 Å². The highest BCUT2D eigenvalue weighted by Crippen LogP contribution is 2.29. The Labute approximate surface area is 108 Å². The molecular weight excluding hydrogens is 226 g/mol. The highest BCUT2D eigenvalue weighted by molar-refractivity contribution is 5.95. The van der Waals surface area contributed by atoms with Gasteiger partial charge >= 0.3 is 0 Å². The van der Waals surface area contributed by atoms with E-state index in [4.69, 9.17) is 0 Å². The lowest BCUT2D eigenvalue weighted by atomic mass is 9.93. The maximum atomic E-state index is 12.4.